The van der Waals surface area contributed by atoms with Gasteiger partial charge in [-0.3, -0.25) is 4.79 Å². The van der Waals surface area contributed by atoms with Crippen LogP contribution in [0.25, 0.3) is 0 Å². The summed E-state index contributed by atoms with van der Waals surface area (Å²) >= 11 is 0. The van der Waals surface area contributed by atoms with E-state index in [4.69, 9.17) is 4.74 Å². The van der Waals surface area contributed by atoms with E-state index >= 15 is 0 Å². The first kappa shape index (κ1) is 18.9. The highest BCUT2D eigenvalue weighted by atomic mass is 32.2. The van der Waals surface area contributed by atoms with Crippen LogP contribution in [-0.4, -0.2) is 51.5 Å². The molecule has 7 heteroatoms. The fourth-order valence-corrected chi connectivity index (χ4v) is 4.27. The third-order valence-electron chi connectivity index (χ3n) is 4.17. The Morgan fingerprint density at radius 3 is 2.54 bits per heavy atom. The monoisotopic (exact) mass is 354 g/mol. The lowest BCUT2D eigenvalue weighted by Gasteiger charge is -2.30. The molecule has 0 spiro atoms. The molecule has 0 aliphatic carbocycles. The van der Waals surface area contributed by atoms with Crippen molar-refractivity contribution in [3.8, 4) is 0 Å². The van der Waals surface area contributed by atoms with Crippen molar-refractivity contribution in [3.05, 3.63) is 30.3 Å². The summed E-state index contributed by atoms with van der Waals surface area (Å²) in [7, 11) is -3.45. The van der Waals surface area contributed by atoms with Crippen LogP contribution in [-0.2, 0) is 19.6 Å². The molecule has 0 unspecified atom stereocenters. The number of hydrogen-bond acceptors (Lipinski definition) is 4. The molecule has 0 bridgehead atoms. The Morgan fingerprint density at radius 2 is 1.92 bits per heavy atom. The summed E-state index contributed by atoms with van der Waals surface area (Å²) in [5.41, 5.74) is 0. The predicted molar refractivity (Wildman–Crippen MR) is 92.0 cm³/mol. The predicted octanol–water partition coefficient (Wildman–Crippen LogP) is 1.63. The van der Waals surface area contributed by atoms with Gasteiger partial charge < -0.3 is 10.1 Å². The third kappa shape index (κ3) is 5.03. The quantitative estimate of drug-likeness (QED) is 0.720. The van der Waals surface area contributed by atoms with Crippen LogP contribution in [0.4, 0.5) is 0 Å². The number of sulfonamides is 1. The average molecular weight is 354 g/mol. The molecule has 134 valence electrons. The highest BCUT2D eigenvalue weighted by Gasteiger charge is 2.31. The summed E-state index contributed by atoms with van der Waals surface area (Å²) in [5.74, 6) is -0.0948. The van der Waals surface area contributed by atoms with E-state index in [0.29, 0.717) is 50.6 Å². The van der Waals surface area contributed by atoms with E-state index in [1.165, 1.54) is 4.31 Å². The van der Waals surface area contributed by atoms with Crippen LogP contribution >= 0.6 is 0 Å². The molecule has 2 rings (SSSR count). The number of hydrogen-bond donors (Lipinski definition) is 1. The Bertz CT molecular complexity index is 611. The minimum Gasteiger partial charge on any atom is -0.382 e. The van der Waals surface area contributed by atoms with Crippen LogP contribution in [0.3, 0.4) is 0 Å². The van der Waals surface area contributed by atoms with E-state index < -0.39 is 10.0 Å². The first-order chi connectivity index (χ1) is 11.6. The van der Waals surface area contributed by atoms with Crippen LogP contribution < -0.4 is 5.32 Å². The molecule has 1 heterocycles. The van der Waals surface area contributed by atoms with Crippen molar-refractivity contribution in [2.45, 2.75) is 31.1 Å². The van der Waals surface area contributed by atoms with Crippen molar-refractivity contribution in [2.75, 3.05) is 32.8 Å². The highest BCUT2D eigenvalue weighted by Crippen LogP contribution is 2.23. The second kappa shape index (κ2) is 9.15. The standard InChI is InChI=1S/C17H26N2O4S/c1-2-23-14-6-11-18-17(20)15-9-12-19(13-10-15)24(21,22)16-7-4-3-5-8-16/h3-5,7-8,15H,2,6,9-14H2,1H3,(H,18,20). The zero-order valence-corrected chi connectivity index (χ0v) is 14.9. The van der Waals surface area contributed by atoms with Gasteiger partial charge in [-0.25, -0.2) is 8.42 Å². The van der Waals surface area contributed by atoms with Crippen molar-refractivity contribution < 1.29 is 17.9 Å². The minimum absolute atomic E-state index is 0.0169. The van der Waals surface area contributed by atoms with Gasteiger partial charge in [0.15, 0.2) is 0 Å². The van der Waals surface area contributed by atoms with Gasteiger partial charge in [-0.15, -0.1) is 0 Å². The van der Waals surface area contributed by atoms with Gasteiger partial charge in [0.05, 0.1) is 4.90 Å². The number of ether oxygens (including phenoxy) is 1. The Hall–Kier alpha value is -1.44. The maximum Gasteiger partial charge on any atom is 0.243 e. The summed E-state index contributed by atoms with van der Waals surface area (Å²) in [6.07, 6.45) is 1.91. The van der Waals surface area contributed by atoms with Crippen molar-refractivity contribution >= 4 is 15.9 Å². The molecule has 1 N–H and O–H groups in total. The molecular formula is C17H26N2O4S. The van der Waals surface area contributed by atoms with Crippen LogP contribution in [0.1, 0.15) is 26.2 Å². The summed E-state index contributed by atoms with van der Waals surface area (Å²) in [5, 5.41) is 2.91. The summed E-state index contributed by atoms with van der Waals surface area (Å²) in [4.78, 5) is 12.4. The van der Waals surface area contributed by atoms with Gasteiger partial charge in [-0.1, -0.05) is 18.2 Å². The number of piperidine rings is 1. The van der Waals surface area contributed by atoms with E-state index in [0.717, 1.165) is 6.42 Å². The van der Waals surface area contributed by atoms with E-state index in [2.05, 4.69) is 5.32 Å². The number of benzene rings is 1. The van der Waals surface area contributed by atoms with Gasteiger partial charge in [-0.05, 0) is 38.3 Å². The summed E-state index contributed by atoms with van der Waals surface area (Å²) < 4.78 is 31.8. The van der Waals surface area contributed by atoms with Gasteiger partial charge in [0.1, 0.15) is 0 Å². The van der Waals surface area contributed by atoms with E-state index in [9.17, 15) is 13.2 Å². The second-order valence-electron chi connectivity index (χ2n) is 5.83. The second-order valence-corrected chi connectivity index (χ2v) is 7.77. The summed E-state index contributed by atoms with van der Waals surface area (Å²) in [6.45, 7) is 4.63. The van der Waals surface area contributed by atoms with E-state index in [-0.39, 0.29) is 11.8 Å². The number of rotatable bonds is 8. The topological polar surface area (TPSA) is 75.7 Å². The zero-order chi connectivity index (χ0) is 17.4. The molecule has 1 aliphatic rings. The Kier molecular flexibility index (Phi) is 7.20. The Balaban J connectivity index is 1.80. The molecule has 1 aliphatic heterocycles. The minimum atomic E-state index is -3.45. The SMILES string of the molecule is CCOCCCNC(=O)C1CCN(S(=O)(=O)c2ccccc2)CC1. The molecule has 1 aromatic carbocycles. The fraction of sp³-hybridized carbons (Fsp3) is 0.588. The molecule has 0 atom stereocenters. The van der Waals surface area contributed by atoms with Gasteiger partial charge >= 0.3 is 0 Å². The van der Waals surface area contributed by atoms with Crippen LogP contribution in [0, 0.1) is 5.92 Å². The molecule has 0 radical (unpaired) electrons. The lowest BCUT2D eigenvalue weighted by molar-refractivity contribution is -0.126. The Morgan fingerprint density at radius 1 is 1.25 bits per heavy atom. The molecular weight excluding hydrogens is 328 g/mol. The number of nitrogens with zero attached hydrogens (tertiary/aromatic N) is 1. The van der Waals surface area contributed by atoms with Crippen LogP contribution in [0.2, 0.25) is 0 Å². The molecule has 6 nitrogen and oxygen atoms in total. The Labute approximate surface area is 144 Å². The van der Waals surface area contributed by atoms with Crippen molar-refractivity contribution in [2.24, 2.45) is 5.92 Å². The molecule has 1 amide bonds. The molecule has 24 heavy (non-hydrogen) atoms. The molecule has 1 aromatic rings. The highest BCUT2D eigenvalue weighted by molar-refractivity contribution is 7.89. The van der Waals surface area contributed by atoms with Crippen molar-refractivity contribution in [3.63, 3.8) is 0 Å². The number of carbonyl (C=O) groups excluding carboxylic acids is 1. The lowest BCUT2D eigenvalue weighted by Crippen LogP contribution is -2.43. The lowest BCUT2D eigenvalue weighted by atomic mass is 9.97. The maximum absolute atomic E-state index is 12.5. The normalized spacial score (nSPS) is 16.9. The average Bonchev–Trinajstić information content (AvgIpc) is 2.62. The van der Waals surface area contributed by atoms with Crippen LogP contribution in [0.5, 0.6) is 0 Å². The smallest absolute Gasteiger partial charge is 0.243 e. The first-order valence-electron chi connectivity index (χ1n) is 8.46. The van der Waals surface area contributed by atoms with Gasteiger partial charge in [-0.2, -0.15) is 4.31 Å². The number of amides is 1. The fourth-order valence-electron chi connectivity index (χ4n) is 2.77. The molecule has 1 saturated heterocycles. The maximum atomic E-state index is 12.5. The molecule has 0 saturated carbocycles. The first-order valence-corrected chi connectivity index (χ1v) is 9.90. The van der Waals surface area contributed by atoms with Gasteiger partial charge in [0.25, 0.3) is 0 Å². The number of carbonyl (C=O) groups is 1. The molecule has 0 aromatic heterocycles. The van der Waals surface area contributed by atoms with Crippen molar-refractivity contribution in [1.82, 2.24) is 9.62 Å². The van der Waals surface area contributed by atoms with E-state index in [1.54, 1.807) is 30.3 Å². The summed E-state index contributed by atoms with van der Waals surface area (Å²) in [6, 6.07) is 8.44. The third-order valence-corrected chi connectivity index (χ3v) is 6.09. The van der Waals surface area contributed by atoms with Crippen molar-refractivity contribution in [1.29, 1.82) is 0 Å². The van der Waals surface area contributed by atoms with Gasteiger partial charge in [0.2, 0.25) is 15.9 Å². The number of nitrogens with one attached hydrogen (secondary N) is 1. The zero-order valence-electron chi connectivity index (χ0n) is 14.1. The van der Waals surface area contributed by atoms with Crippen LogP contribution in [0.15, 0.2) is 35.2 Å². The van der Waals surface area contributed by atoms with Gasteiger partial charge in [0, 0.05) is 38.8 Å². The largest absolute Gasteiger partial charge is 0.382 e. The van der Waals surface area contributed by atoms with E-state index in [1.807, 2.05) is 6.92 Å². The molecule has 1 fully saturated rings.